The van der Waals surface area contributed by atoms with Crippen LogP contribution in [0.3, 0.4) is 0 Å². The summed E-state index contributed by atoms with van der Waals surface area (Å²) in [6.45, 7) is 6.60. The first-order valence-corrected chi connectivity index (χ1v) is 8.14. The minimum absolute atomic E-state index is 0.153. The zero-order chi connectivity index (χ0) is 14.8. The quantitative estimate of drug-likeness (QED) is 0.803. The van der Waals surface area contributed by atoms with Crippen molar-refractivity contribution in [1.29, 1.82) is 0 Å². The maximum atomic E-state index is 12.4. The second-order valence-corrected chi connectivity index (χ2v) is 7.35. The van der Waals surface area contributed by atoms with Gasteiger partial charge in [0.15, 0.2) is 0 Å². The summed E-state index contributed by atoms with van der Waals surface area (Å²) in [5.74, 6) is 0.455. The maximum Gasteiger partial charge on any atom is 0.410 e. The minimum Gasteiger partial charge on any atom is -0.444 e. The molecular formula is C16H30N2O2. The first kappa shape index (κ1) is 15.6. The lowest BCUT2D eigenvalue weighted by molar-refractivity contribution is -0.00353. The van der Waals surface area contributed by atoms with E-state index in [1.165, 1.54) is 19.3 Å². The van der Waals surface area contributed by atoms with E-state index in [0.29, 0.717) is 5.92 Å². The summed E-state index contributed by atoms with van der Waals surface area (Å²) < 4.78 is 5.58. The van der Waals surface area contributed by atoms with Crippen LogP contribution in [-0.2, 0) is 4.74 Å². The largest absolute Gasteiger partial charge is 0.444 e. The van der Waals surface area contributed by atoms with E-state index < -0.39 is 5.60 Å². The molecule has 0 radical (unpaired) electrons. The van der Waals surface area contributed by atoms with Crippen LogP contribution in [0.1, 0.15) is 65.7 Å². The van der Waals surface area contributed by atoms with Crippen molar-refractivity contribution in [2.24, 2.45) is 11.7 Å². The Hall–Kier alpha value is -0.770. The number of carbonyl (C=O) groups is 1. The number of amides is 1. The standard InChI is InChI=1S/C16H30N2O2/c1-16(2,3)20-15(19)18-11-7-6-10-14(18)12-8-4-5-9-13(12)17/h12-14H,4-11,17H2,1-3H3/t12-,13-,14-/m1/s1. The fraction of sp³-hybridized carbons (Fsp3) is 0.938. The minimum atomic E-state index is -0.423. The van der Waals surface area contributed by atoms with Crippen LogP contribution in [0.2, 0.25) is 0 Å². The third-order valence-electron chi connectivity index (χ3n) is 4.55. The summed E-state index contributed by atoms with van der Waals surface area (Å²) in [5.41, 5.74) is 5.90. The van der Waals surface area contributed by atoms with Crippen LogP contribution < -0.4 is 5.73 Å². The van der Waals surface area contributed by atoms with Crippen LogP contribution in [0.5, 0.6) is 0 Å². The van der Waals surface area contributed by atoms with Gasteiger partial charge in [0.05, 0.1) is 0 Å². The highest BCUT2D eigenvalue weighted by molar-refractivity contribution is 5.68. The van der Waals surface area contributed by atoms with Crippen LogP contribution >= 0.6 is 0 Å². The second kappa shape index (κ2) is 6.33. The number of piperidine rings is 1. The molecule has 2 aliphatic rings. The molecule has 1 heterocycles. The highest BCUT2D eigenvalue weighted by atomic mass is 16.6. The Labute approximate surface area is 123 Å². The molecule has 0 aromatic carbocycles. The molecule has 0 spiro atoms. The Bertz CT molecular complexity index is 338. The molecule has 0 aromatic rings. The lowest BCUT2D eigenvalue weighted by Gasteiger charge is -2.44. The molecule has 1 aliphatic heterocycles. The fourth-order valence-corrected chi connectivity index (χ4v) is 3.62. The van der Waals surface area contributed by atoms with E-state index in [2.05, 4.69) is 0 Å². The molecule has 1 aliphatic carbocycles. The Morgan fingerprint density at radius 2 is 1.75 bits per heavy atom. The van der Waals surface area contributed by atoms with Gasteiger partial charge in [0.1, 0.15) is 5.60 Å². The number of hydrogen-bond donors (Lipinski definition) is 1. The number of rotatable bonds is 1. The third kappa shape index (κ3) is 3.87. The van der Waals surface area contributed by atoms with Crippen molar-refractivity contribution in [3.63, 3.8) is 0 Å². The fourth-order valence-electron chi connectivity index (χ4n) is 3.62. The zero-order valence-electron chi connectivity index (χ0n) is 13.2. The Balaban J connectivity index is 2.06. The van der Waals surface area contributed by atoms with Gasteiger partial charge < -0.3 is 15.4 Å². The van der Waals surface area contributed by atoms with Gasteiger partial charge in [0, 0.05) is 18.6 Å². The van der Waals surface area contributed by atoms with Crippen LogP contribution in [-0.4, -0.2) is 35.2 Å². The van der Waals surface area contributed by atoms with E-state index >= 15 is 0 Å². The highest BCUT2D eigenvalue weighted by Crippen LogP contribution is 2.33. The molecule has 116 valence electrons. The first-order chi connectivity index (χ1) is 9.38. The average Bonchev–Trinajstić information content (AvgIpc) is 2.37. The summed E-state index contributed by atoms with van der Waals surface area (Å²) in [5, 5.41) is 0. The summed E-state index contributed by atoms with van der Waals surface area (Å²) in [6, 6.07) is 0.533. The second-order valence-electron chi connectivity index (χ2n) is 7.35. The Morgan fingerprint density at radius 3 is 2.40 bits per heavy atom. The summed E-state index contributed by atoms with van der Waals surface area (Å²) in [6.07, 6.45) is 7.95. The molecule has 1 amide bonds. The summed E-state index contributed by atoms with van der Waals surface area (Å²) in [4.78, 5) is 14.4. The van der Waals surface area contributed by atoms with E-state index in [1.807, 2.05) is 25.7 Å². The molecular weight excluding hydrogens is 252 g/mol. The molecule has 0 unspecified atom stereocenters. The predicted octanol–water partition coefficient (Wildman–Crippen LogP) is 3.29. The molecule has 0 bridgehead atoms. The van der Waals surface area contributed by atoms with Crippen molar-refractivity contribution in [1.82, 2.24) is 4.90 Å². The van der Waals surface area contributed by atoms with Crippen LogP contribution in [0.25, 0.3) is 0 Å². The van der Waals surface area contributed by atoms with Gasteiger partial charge in [-0.2, -0.15) is 0 Å². The number of carbonyl (C=O) groups excluding carboxylic acids is 1. The van der Waals surface area contributed by atoms with Gasteiger partial charge in [-0.25, -0.2) is 4.79 Å². The van der Waals surface area contributed by atoms with Gasteiger partial charge in [-0.15, -0.1) is 0 Å². The summed E-state index contributed by atoms with van der Waals surface area (Å²) in [7, 11) is 0. The molecule has 3 atom stereocenters. The molecule has 1 saturated carbocycles. The average molecular weight is 282 g/mol. The van der Waals surface area contributed by atoms with E-state index in [9.17, 15) is 4.79 Å². The van der Waals surface area contributed by atoms with Crippen molar-refractivity contribution in [3.8, 4) is 0 Å². The van der Waals surface area contributed by atoms with Gasteiger partial charge in [0.2, 0.25) is 0 Å². The van der Waals surface area contributed by atoms with E-state index in [-0.39, 0.29) is 18.2 Å². The first-order valence-electron chi connectivity index (χ1n) is 8.14. The number of likely N-dealkylation sites (tertiary alicyclic amines) is 1. The number of nitrogens with two attached hydrogens (primary N) is 1. The van der Waals surface area contributed by atoms with Crippen molar-refractivity contribution >= 4 is 6.09 Å². The van der Waals surface area contributed by atoms with E-state index in [1.54, 1.807) is 0 Å². The zero-order valence-corrected chi connectivity index (χ0v) is 13.2. The van der Waals surface area contributed by atoms with Crippen LogP contribution in [0.4, 0.5) is 4.79 Å². The summed E-state index contributed by atoms with van der Waals surface area (Å²) >= 11 is 0. The maximum absolute atomic E-state index is 12.4. The van der Waals surface area contributed by atoms with E-state index in [0.717, 1.165) is 32.2 Å². The predicted molar refractivity (Wildman–Crippen MR) is 80.5 cm³/mol. The van der Waals surface area contributed by atoms with Gasteiger partial charge in [-0.3, -0.25) is 0 Å². The van der Waals surface area contributed by atoms with Gasteiger partial charge in [-0.05, 0) is 58.8 Å². The molecule has 4 heteroatoms. The third-order valence-corrected chi connectivity index (χ3v) is 4.55. The van der Waals surface area contributed by atoms with Crippen LogP contribution in [0, 0.1) is 5.92 Å². The molecule has 2 fully saturated rings. The highest BCUT2D eigenvalue weighted by Gasteiger charge is 2.38. The molecule has 2 N–H and O–H groups in total. The normalized spacial score (nSPS) is 32.0. The molecule has 2 rings (SSSR count). The molecule has 20 heavy (non-hydrogen) atoms. The van der Waals surface area contributed by atoms with Crippen molar-refractivity contribution in [3.05, 3.63) is 0 Å². The molecule has 0 aromatic heterocycles. The molecule has 4 nitrogen and oxygen atoms in total. The number of ether oxygens (including phenoxy) is 1. The lowest BCUT2D eigenvalue weighted by Crippen LogP contribution is -2.53. The van der Waals surface area contributed by atoms with Gasteiger partial charge in [-0.1, -0.05) is 12.8 Å². The lowest BCUT2D eigenvalue weighted by atomic mass is 9.77. The smallest absolute Gasteiger partial charge is 0.410 e. The van der Waals surface area contributed by atoms with Crippen LogP contribution in [0.15, 0.2) is 0 Å². The van der Waals surface area contributed by atoms with E-state index in [4.69, 9.17) is 10.5 Å². The number of hydrogen-bond acceptors (Lipinski definition) is 3. The number of nitrogens with zero attached hydrogens (tertiary/aromatic N) is 1. The molecule has 1 saturated heterocycles. The Kier molecular flexibility index (Phi) is 4.95. The van der Waals surface area contributed by atoms with Crippen molar-refractivity contribution in [2.45, 2.75) is 83.4 Å². The SMILES string of the molecule is CC(C)(C)OC(=O)N1CCCC[C@@H]1[C@@H]1CCCC[C@H]1N. The van der Waals surface area contributed by atoms with Crippen molar-refractivity contribution < 1.29 is 9.53 Å². The topological polar surface area (TPSA) is 55.6 Å². The van der Waals surface area contributed by atoms with Gasteiger partial charge >= 0.3 is 6.09 Å². The monoisotopic (exact) mass is 282 g/mol. The van der Waals surface area contributed by atoms with Gasteiger partial charge in [0.25, 0.3) is 0 Å². The van der Waals surface area contributed by atoms with Crippen molar-refractivity contribution in [2.75, 3.05) is 6.54 Å². The Morgan fingerprint density at radius 1 is 1.10 bits per heavy atom.